The number of carbonyl (C=O) groups is 1. The van der Waals surface area contributed by atoms with E-state index in [1.165, 1.54) is 10.6 Å². The standard InChI is InChI=1S/C17H26N2O4S/c1-12(2)14-10-19(24(4,21)22)11-15(14)18-17(20)9-13-7-5-6-8-16(13)23-3/h5-8,12,14-15H,9-11H2,1-4H3,(H,18,20)/t14-,15+/m1/s1. The fraction of sp³-hybridized carbons (Fsp3) is 0.588. The fourth-order valence-electron chi connectivity index (χ4n) is 3.17. The van der Waals surface area contributed by atoms with Crippen molar-refractivity contribution in [1.29, 1.82) is 0 Å². The first kappa shape index (κ1) is 18.7. The van der Waals surface area contributed by atoms with E-state index in [9.17, 15) is 13.2 Å². The van der Waals surface area contributed by atoms with Gasteiger partial charge in [0.05, 0.1) is 19.8 Å². The SMILES string of the molecule is COc1ccccc1CC(=O)N[C@H]1CN(S(C)(=O)=O)C[C@@H]1C(C)C. The highest BCUT2D eigenvalue weighted by Gasteiger charge is 2.39. The minimum absolute atomic E-state index is 0.112. The Morgan fingerprint density at radius 2 is 2.00 bits per heavy atom. The molecule has 0 aromatic heterocycles. The van der Waals surface area contributed by atoms with Gasteiger partial charge in [0.1, 0.15) is 5.75 Å². The first-order valence-electron chi connectivity index (χ1n) is 8.08. The second-order valence-electron chi connectivity index (χ2n) is 6.65. The summed E-state index contributed by atoms with van der Waals surface area (Å²) in [6, 6.07) is 7.23. The van der Waals surface area contributed by atoms with Gasteiger partial charge in [-0.2, -0.15) is 4.31 Å². The number of methoxy groups -OCH3 is 1. The topological polar surface area (TPSA) is 75.7 Å². The van der Waals surface area contributed by atoms with Crippen LogP contribution in [0.2, 0.25) is 0 Å². The van der Waals surface area contributed by atoms with Crippen molar-refractivity contribution >= 4 is 15.9 Å². The number of hydrogen-bond acceptors (Lipinski definition) is 4. The molecule has 134 valence electrons. The van der Waals surface area contributed by atoms with E-state index in [1.54, 1.807) is 7.11 Å². The maximum absolute atomic E-state index is 12.4. The highest BCUT2D eigenvalue weighted by molar-refractivity contribution is 7.88. The van der Waals surface area contributed by atoms with Gasteiger partial charge in [-0.15, -0.1) is 0 Å². The monoisotopic (exact) mass is 354 g/mol. The lowest BCUT2D eigenvalue weighted by Gasteiger charge is -2.23. The number of carbonyl (C=O) groups excluding carboxylic acids is 1. The molecule has 1 N–H and O–H groups in total. The molecule has 2 rings (SSSR count). The first-order valence-corrected chi connectivity index (χ1v) is 9.93. The van der Waals surface area contributed by atoms with Crippen molar-refractivity contribution < 1.29 is 17.9 Å². The Hall–Kier alpha value is -1.60. The van der Waals surface area contributed by atoms with Crippen molar-refractivity contribution in [2.24, 2.45) is 11.8 Å². The molecular weight excluding hydrogens is 328 g/mol. The number of nitrogens with one attached hydrogen (secondary N) is 1. The predicted octanol–water partition coefficient (Wildman–Crippen LogP) is 1.27. The van der Waals surface area contributed by atoms with Crippen molar-refractivity contribution in [3.8, 4) is 5.75 Å². The summed E-state index contributed by atoms with van der Waals surface area (Å²) in [5, 5.41) is 3.01. The Labute approximate surface area is 144 Å². The van der Waals surface area contributed by atoms with Gasteiger partial charge >= 0.3 is 0 Å². The minimum atomic E-state index is -3.25. The van der Waals surface area contributed by atoms with Gasteiger partial charge in [0.15, 0.2) is 0 Å². The van der Waals surface area contributed by atoms with Crippen LogP contribution in [0, 0.1) is 11.8 Å². The third-order valence-electron chi connectivity index (χ3n) is 4.55. The zero-order valence-electron chi connectivity index (χ0n) is 14.7. The Balaban J connectivity index is 2.06. The van der Waals surface area contributed by atoms with Gasteiger partial charge in [-0.3, -0.25) is 4.79 Å². The van der Waals surface area contributed by atoms with Crippen LogP contribution in [0.1, 0.15) is 19.4 Å². The summed E-state index contributed by atoms with van der Waals surface area (Å²) < 4.78 is 30.3. The minimum Gasteiger partial charge on any atom is -0.496 e. The van der Waals surface area contributed by atoms with E-state index in [0.717, 1.165) is 5.56 Å². The molecule has 1 aliphatic heterocycles. The summed E-state index contributed by atoms with van der Waals surface area (Å²) in [4.78, 5) is 12.4. The van der Waals surface area contributed by atoms with E-state index >= 15 is 0 Å². The molecule has 0 bridgehead atoms. The Morgan fingerprint density at radius 3 is 2.58 bits per heavy atom. The van der Waals surface area contributed by atoms with Gasteiger partial charge in [-0.05, 0) is 17.9 Å². The number of para-hydroxylation sites is 1. The lowest BCUT2D eigenvalue weighted by molar-refractivity contribution is -0.121. The molecule has 1 aromatic carbocycles. The normalized spacial score (nSPS) is 21.9. The second kappa shape index (κ2) is 7.53. The van der Waals surface area contributed by atoms with E-state index in [-0.39, 0.29) is 30.2 Å². The van der Waals surface area contributed by atoms with Crippen LogP contribution >= 0.6 is 0 Å². The molecule has 2 atom stereocenters. The summed E-state index contributed by atoms with van der Waals surface area (Å²) in [5.41, 5.74) is 0.816. The van der Waals surface area contributed by atoms with Crippen LogP contribution in [-0.2, 0) is 21.2 Å². The van der Waals surface area contributed by atoms with Crippen LogP contribution in [0.25, 0.3) is 0 Å². The molecule has 1 saturated heterocycles. The molecular formula is C17H26N2O4S. The molecule has 1 fully saturated rings. The van der Waals surface area contributed by atoms with E-state index in [2.05, 4.69) is 19.2 Å². The smallest absolute Gasteiger partial charge is 0.224 e. The molecule has 0 aliphatic carbocycles. The van der Waals surface area contributed by atoms with Gasteiger partial charge in [0, 0.05) is 24.7 Å². The quantitative estimate of drug-likeness (QED) is 0.835. The maximum Gasteiger partial charge on any atom is 0.224 e. The fourth-order valence-corrected chi connectivity index (χ4v) is 4.04. The van der Waals surface area contributed by atoms with Gasteiger partial charge in [-0.1, -0.05) is 32.0 Å². The molecule has 6 nitrogen and oxygen atoms in total. The van der Waals surface area contributed by atoms with Gasteiger partial charge in [0.2, 0.25) is 15.9 Å². The highest BCUT2D eigenvalue weighted by Crippen LogP contribution is 2.26. The van der Waals surface area contributed by atoms with Crippen LogP contribution in [0.3, 0.4) is 0 Å². The Morgan fingerprint density at radius 1 is 1.33 bits per heavy atom. The third kappa shape index (κ3) is 4.48. The van der Waals surface area contributed by atoms with Crippen LogP contribution in [-0.4, -0.2) is 51.1 Å². The van der Waals surface area contributed by atoms with E-state index in [0.29, 0.717) is 18.8 Å². The van der Waals surface area contributed by atoms with Crippen molar-refractivity contribution in [1.82, 2.24) is 9.62 Å². The third-order valence-corrected chi connectivity index (χ3v) is 5.78. The number of sulfonamides is 1. The van der Waals surface area contributed by atoms with Gasteiger partial charge in [-0.25, -0.2) is 8.42 Å². The van der Waals surface area contributed by atoms with Crippen molar-refractivity contribution in [3.63, 3.8) is 0 Å². The van der Waals surface area contributed by atoms with Crippen LogP contribution in [0.4, 0.5) is 0 Å². The zero-order valence-corrected chi connectivity index (χ0v) is 15.5. The average molecular weight is 354 g/mol. The summed E-state index contributed by atoms with van der Waals surface area (Å²) in [6.07, 6.45) is 1.42. The first-order chi connectivity index (χ1) is 11.2. The summed E-state index contributed by atoms with van der Waals surface area (Å²) in [5.74, 6) is 0.956. The van der Waals surface area contributed by atoms with Crippen LogP contribution in [0.5, 0.6) is 5.75 Å². The van der Waals surface area contributed by atoms with Gasteiger partial charge < -0.3 is 10.1 Å². The molecule has 1 amide bonds. The predicted molar refractivity (Wildman–Crippen MR) is 93.4 cm³/mol. The molecule has 0 spiro atoms. The van der Waals surface area contributed by atoms with Crippen LogP contribution < -0.4 is 10.1 Å². The lowest BCUT2D eigenvalue weighted by atomic mass is 9.91. The molecule has 7 heteroatoms. The summed E-state index contributed by atoms with van der Waals surface area (Å²) >= 11 is 0. The van der Waals surface area contributed by atoms with Crippen molar-refractivity contribution in [2.45, 2.75) is 26.3 Å². The Kier molecular flexibility index (Phi) is 5.87. The van der Waals surface area contributed by atoms with Crippen LogP contribution in [0.15, 0.2) is 24.3 Å². The summed E-state index contributed by atoms with van der Waals surface area (Å²) in [7, 11) is -1.67. The second-order valence-corrected chi connectivity index (χ2v) is 8.63. The molecule has 0 unspecified atom stereocenters. The summed E-state index contributed by atoms with van der Waals surface area (Å²) in [6.45, 7) is 4.89. The molecule has 1 aromatic rings. The highest BCUT2D eigenvalue weighted by atomic mass is 32.2. The molecule has 1 aliphatic rings. The lowest BCUT2D eigenvalue weighted by Crippen LogP contribution is -2.42. The number of benzene rings is 1. The maximum atomic E-state index is 12.4. The zero-order chi connectivity index (χ0) is 17.9. The molecule has 1 heterocycles. The van der Waals surface area contributed by atoms with E-state index in [4.69, 9.17) is 4.74 Å². The number of amides is 1. The molecule has 0 saturated carbocycles. The molecule has 0 radical (unpaired) electrons. The number of ether oxygens (including phenoxy) is 1. The average Bonchev–Trinajstić information content (AvgIpc) is 2.92. The largest absolute Gasteiger partial charge is 0.496 e. The number of rotatable bonds is 6. The Bertz CT molecular complexity index is 688. The van der Waals surface area contributed by atoms with Gasteiger partial charge in [0.25, 0.3) is 0 Å². The number of hydrogen-bond donors (Lipinski definition) is 1. The van der Waals surface area contributed by atoms with E-state index < -0.39 is 10.0 Å². The number of nitrogens with zero attached hydrogens (tertiary/aromatic N) is 1. The van der Waals surface area contributed by atoms with Crippen molar-refractivity contribution in [3.05, 3.63) is 29.8 Å². The van der Waals surface area contributed by atoms with E-state index in [1.807, 2.05) is 24.3 Å². The molecule has 24 heavy (non-hydrogen) atoms. The van der Waals surface area contributed by atoms with Crippen molar-refractivity contribution in [2.75, 3.05) is 26.5 Å².